The van der Waals surface area contributed by atoms with Crippen LogP contribution in [0.2, 0.25) is 0 Å². The number of nitrogens with one attached hydrogen (secondary N) is 1. The number of ketones is 1. The second kappa shape index (κ2) is 5.29. The minimum absolute atomic E-state index is 0.0892. The summed E-state index contributed by atoms with van der Waals surface area (Å²) in [6.45, 7) is 3.00. The van der Waals surface area contributed by atoms with Crippen LogP contribution in [-0.2, 0) is 4.79 Å². The molecule has 1 amide bonds. The topological polar surface area (TPSA) is 66.4 Å². The molecule has 1 unspecified atom stereocenters. The molecule has 2 N–H and O–H groups in total. The van der Waals surface area contributed by atoms with Crippen molar-refractivity contribution in [2.24, 2.45) is 0 Å². The van der Waals surface area contributed by atoms with Crippen molar-refractivity contribution in [1.82, 2.24) is 5.32 Å². The molecular formula is C11H12INO3. The molecule has 1 aromatic rings. The lowest BCUT2D eigenvalue weighted by molar-refractivity contribution is -0.118. The summed E-state index contributed by atoms with van der Waals surface area (Å²) in [5.74, 6) is -0.661. The zero-order valence-corrected chi connectivity index (χ0v) is 11.1. The van der Waals surface area contributed by atoms with E-state index in [1.165, 1.54) is 13.0 Å². The largest absolute Gasteiger partial charge is 0.507 e. The summed E-state index contributed by atoms with van der Waals surface area (Å²) >= 11 is 2.04. The average Bonchev–Trinajstić information content (AvgIpc) is 2.21. The highest BCUT2D eigenvalue weighted by atomic mass is 127. The van der Waals surface area contributed by atoms with Crippen LogP contribution >= 0.6 is 22.6 Å². The van der Waals surface area contributed by atoms with Gasteiger partial charge in [0.25, 0.3) is 5.91 Å². The lowest BCUT2D eigenvalue weighted by atomic mass is 10.1. The van der Waals surface area contributed by atoms with Gasteiger partial charge in [-0.25, -0.2) is 0 Å². The minimum Gasteiger partial charge on any atom is -0.507 e. The molecule has 1 aromatic carbocycles. The van der Waals surface area contributed by atoms with Gasteiger partial charge in [0, 0.05) is 3.57 Å². The molecule has 0 aromatic heterocycles. The van der Waals surface area contributed by atoms with Crippen molar-refractivity contribution in [3.8, 4) is 5.75 Å². The summed E-state index contributed by atoms with van der Waals surface area (Å²) in [7, 11) is 0. The Morgan fingerprint density at radius 2 is 2.06 bits per heavy atom. The molecule has 0 saturated carbocycles. The highest BCUT2D eigenvalue weighted by Gasteiger charge is 2.16. The predicted octanol–water partition coefficient (Wildman–Crippen LogP) is 1.70. The molecule has 0 spiro atoms. The number of benzene rings is 1. The summed E-state index contributed by atoms with van der Waals surface area (Å²) < 4.78 is 0.844. The Labute approximate surface area is 107 Å². The number of rotatable bonds is 3. The Kier molecular flexibility index (Phi) is 4.28. The summed E-state index contributed by atoms with van der Waals surface area (Å²) in [6, 6.07) is 4.17. The predicted molar refractivity (Wildman–Crippen MR) is 68.4 cm³/mol. The standard InChI is InChI=1S/C11H12INO3/c1-6(7(2)14)13-11(16)9-5-8(12)3-4-10(9)15/h3-6,15H,1-2H3,(H,13,16). The van der Waals surface area contributed by atoms with Crippen LogP contribution in [-0.4, -0.2) is 22.8 Å². The molecule has 16 heavy (non-hydrogen) atoms. The highest BCUT2D eigenvalue weighted by Crippen LogP contribution is 2.19. The van der Waals surface area contributed by atoms with E-state index in [0.717, 1.165) is 3.57 Å². The number of hydrogen-bond acceptors (Lipinski definition) is 3. The highest BCUT2D eigenvalue weighted by molar-refractivity contribution is 14.1. The Bertz CT molecular complexity index is 431. The van der Waals surface area contributed by atoms with Gasteiger partial charge in [-0.3, -0.25) is 9.59 Å². The van der Waals surface area contributed by atoms with Gasteiger partial charge in [-0.1, -0.05) is 0 Å². The Hall–Kier alpha value is -1.11. The monoisotopic (exact) mass is 333 g/mol. The SMILES string of the molecule is CC(=O)C(C)NC(=O)c1cc(I)ccc1O. The van der Waals surface area contributed by atoms with Crippen LogP contribution in [0.1, 0.15) is 24.2 Å². The third-order valence-electron chi connectivity index (χ3n) is 2.16. The number of amides is 1. The molecular weight excluding hydrogens is 321 g/mol. The van der Waals surface area contributed by atoms with E-state index in [4.69, 9.17) is 0 Å². The third-order valence-corrected chi connectivity index (χ3v) is 2.83. The quantitative estimate of drug-likeness (QED) is 0.828. The van der Waals surface area contributed by atoms with Crippen LogP contribution in [0.15, 0.2) is 18.2 Å². The lowest BCUT2D eigenvalue weighted by Crippen LogP contribution is -2.37. The number of phenolic OH excluding ortho intramolecular Hbond substituents is 1. The molecule has 0 aliphatic heterocycles. The van der Waals surface area contributed by atoms with Gasteiger partial charge in [0.05, 0.1) is 11.6 Å². The maximum atomic E-state index is 11.7. The molecule has 5 heteroatoms. The fourth-order valence-corrected chi connectivity index (χ4v) is 1.56. The maximum Gasteiger partial charge on any atom is 0.255 e. The summed E-state index contributed by atoms with van der Waals surface area (Å²) in [4.78, 5) is 22.7. The van der Waals surface area contributed by atoms with Crippen molar-refractivity contribution in [2.75, 3.05) is 0 Å². The Morgan fingerprint density at radius 3 is 2.62 bits per heavy atom. The normalized spacial score (nSPS) is 11.9. The Balaban J connectivity index is 2.88. The zero-order chi connectivity index (χ0) is 12.3. The van der Waals surface area contributed by atoms with Crippen molar-refractivity contribution >= 4 is 34.3 Å². The van der Waals surface area contributed by atoms with Gasteiger partial charge in [0.15, 0.2) is 5.78 Å². The number of hydrogen-bond donors (Lipinski definition) is 2. The van der Waals surface area contributed by atoms with Gasteiger partial charge in [-0.05, 0) is 54.6 Å². The molecule has 1 atom stereocenters. The van der Waals surface area contributed by atoms with E-state index in [9.17, 15) is 14.7 Å². The fourth-order valence-electron chi connectivity index (χ4n) is 1.07. The molecule has 0 aliphatic carbocycles. The van der Waals surface area contributed by atoms with Gasteiger partial charge in [-0.2, -0.15) is 0 Å². The first-order valence-corrected chi connectivity index (χ1v) is 5.79. The molecule has 0 heterocycles. The van der Waals surface area contributed by atoms with Gasteiger partial charge in [-0.15, -0.1) is 0 Å². The van der Waals surface area contributed by atoms with Gasteiger partial charge in [0.2, 0.25) is 0 Å². The van der Waals surface area contributed by atoms with Gasteiger partial charge in [0.1, 0.15) is 5.75 Å². The minimum atomic E-state index is -0.551. The van der Waals surface area contributed by atoms with Crippen molar-refractivity contribution in [1.29, 1.82) is 0 Å². The van der Waals surface area contributed by atoms with E-state index < -0.39 is 11.9 Å². The molecule has 0 aliphatic rings. The van der Waals surface area contributed by atoms with Crippen LogP contribution in [0.25, 0.3) is 0 Å². The lowest BCUT2D eigenvalue weighted by Gasteiger charge is -2.11. The molecule has 1 rings (SSSR count). The molecule has 0 fully saturated rings. The number of Topliss-reactive ketones (excluding diaryl/α,β-unsaturated/α-hetero) is 1. The first kappa shape index (κ1) is 13.0. The van der Waals surface area contributed by atoms with E-state index in [1.54, 1.807) is 19.1 Å². The third kappa shape index (κ3) is 3.19. The van der Waals surface area contributed by atoms with E-state index >= 15 is 0 Å². The average molecular weight is 333 g/mol. The van der Waals surface area contributed by atoms with Crippen LogP contribution in [0.3, 0.4) is 0 Å². The van der Waals surface area contributed by atoms with E-state index in [2.05, 4.69) is 5.32 Å². The maximum absolute atomic E-state index is 11.7. The van der Waals surface area contributed by atoms with Crippen molar-refractivity contribution in [3.63, 3.8) is 0 Å². The van der Waals surface area contributed by atoms with Crippen LogP contribution < -0.4 is 5.32 Å². The fraction of sp³-hybridized carbons (Fsp3) is 0.273. The second-order valence-corrected chi connectivity index (χ2v) is 4.71. The number of phenols is 1. The smallest absolute Gasteiger partial charge is 0.255 e. The second-order valence-electron chi connectivity index (χ2n) is 3.47. The Morgan fingerprint density at radius 1 is 1.44 bits per heavy atom. The van der Waals surface area contributed by atoms with Gasteiger partial charge < -0.3 is 10.4 Å². The van der Waals surface area contributed by atoms with E-state index in [0.29, 0.717) is 0 Å². The molecule has 4 nitrogen and oxygen atoms in total. The number of carbonyl (C=O) groups is 2. The molecule has 86 valence electrons. The summed E-state index contributed by atoms with van der Waals surface area (Å²) in [5, 5.41) is 12.0. The molecule has 0 saturated heterocycles. The van der Waals surface area contributed by atoms with Crippen molar-refractivity contribution in [2.45, 2.75) is 19.9 Å². The number of halogens is 1. The first-order valence-electron chi connectivity index (χ1n) is 4.71. The van der Waals surface area contributed by atoms with Gasteiger partial charge >= 0.3 is 0 Å². The number of carbonyl (C=O) groups excluding carboxylic acids is 2. The van der Waals surface area contributed by atoms with E-state index in [-0.39, 0.29) is 17.1 Å². The van der Waals surface area contributed by atoms with E-state index in [1.807, 2.05) is 22.6 Å². The van der Waals surface area contributed by atoms with Crippen LogP contribution in [0, 0.1) is 3.57 Å². The van der Waals surface area contributed by atoms with Crippen LogP contribution in [0.4, 0.5) is 0 Å². The van der Waals surface area contributed by atoms with Crippen molar-refractivity contribution < 1.29 is 14.7 Å². The van der Waals surface area contributed by atoms with Crippen molar-refractivity contribution in [3.05, 3.63) is 27.3 Å². The first-order chi connectivity index (χ1) is 7.41. The zero-order valence-electron chi connectivity index (χ0n) is 8.95. The summed E-state index contributed by atoms with van der Waals surface area (Å²) in [5.41, 5.74) is 0.181. The van der Waals surface area contributed by atoms with Crippen LogP contribution in [0.5, 0.6) is 5.75 Å². The number of aromatic hydroxyl groups is 1. The summed E-state index contributed by atoms with van der Waals surface area (Å²) in [6.07, 6.45) is 0. The molecule has 0 bridgehead atoms. The molecule has 0 radical (unpaired) electrons.